The Morgan fingerprint density at radius 1 is 0.620 bits per heavy atom. The molecule has 3 heteroatoms. The molecular weight excluding hydrogens is 609 g/mol. The van der Waals surface area contributed by atoms with Gasteiger partial charge in [-0.2, -0.15) is 0 Å². The predicted octanol–water partition coefficient (Wildman–Crippen LogP) is 11.7. The second-order valence-corrected chi connectivity index (χ2v) is 13.9. The van der Waals surface area contributed by atoms with E-state index < -0.39 is 0 Å². The topological polar surface area (TPSA) is 51.2 Å². The smallest absolute Gasteiger partial charge is 0.136 e. The number of nitrogens with two attached hydrogens (primary N) is 1. The highest BCUT2D eigenvalue weighted by molar-refractivity contribution is 6.12. The van der Waals surface area contributed by atoms with Crippen LogP contribution in [-0.2, 0) is 5.41 Å². The van der Waals surface area contributed by atoms with Crippen molar-refractivity contribution in [3.63, 3.8) is 0 Å². The number of furan rings is 1. The van der Waals surface area contributed by atoms with Gasteiger partial charge in [0.1, 0.15) is 11.2 Å². The first-order chi connectivity index (χ1) is 24.5. The van der Waals surface area contributed by atoms with Crippen LogP contribution in [0.4, 0.5) is 0 Å². The van der Waals surface area contributed by atoms with Crippen molar-refractivity contribution in [3.05, 3.63) is 186 Å². The van der Waals surface area contributed by atoms with E-state index in [1.807, 2.05) is 30.3 Å². The molecule has 0 amide bonds. The number of rotatable bonds is 7. The van der Waals surface area contributed by atoms with Crippen molar-refractivity contribution in [2.75, 3.05) is 0 Å². The molecule has 1 aliphatic carbocycles. The SMILES string of the molecule is CC1(C)c2cc3ccccc3cc2-c2c(/C=C/C(NC(N)c3ccccc3)c3cccc(-c4cccc5oc6ccccc6c45)c3)cccc21. The lowest BCUT2D eigenvalue weighted by Gasteiger charge is -2.23. The molecule has 9 rings (SSSR count). The van der Waals surface area contributed by atoms with Gasteiger partial charge in [0.05, 0.1) is 12.2 Å². The average molecular weight is 647 g/mol. The second-order valence-electron chi connectivity index (χ2n) is 13.9. The first-order valence-corrected chi connectivity index (χ1v) is 17.4. The Morgan fingerprint density at radius 3 is 2.18 bits per heavy atom. The molecule has 1 aromatic heterocycles. The van der Waals surface area contributed by atoms with Gasteiger partial charge in [0.2, 0.25) is 0 Å². The van der Waals surface area contributed by atoms with Crippen LogP contribution in [0.15, 0.2) is 162 Å². The van der Waals surface area contributed by atoms with Crippen LogP contribution < -0.4 is 11.1 Å². The third-order valence-electron chi connectivity index (χ3n) is 10.5. The van der Waals surface area contributed by atoms with Crippen molar-refractivity contribution < 1.29 is 4.42 Å². The summed E-state index contributed by atoms with van der Waals surface area (Å²) in [4.78, 5) is 0. The van der Waals surface area contributed by atoms with Gasteiger partial charge in [-0.05, 0) is 91.2 Å². The van der Waals surface area contributed by atoms with Gasteiger partial charge >= 0.3 is 0 Å². The molecule has 1 heterocycles. The van der Waals surface area contributed by atoms with Gasteiger partial charge in [0, 0.05) is 16.2 Å². The number of nitrogens with one attached hydrogen (secondary N) is 1. The van der Waals surface area contributed by atoms with Gasteiger partial charge < -0.3 is 10.2 Å². The summed E-state index contributed by atoms with van der Waals surface area (Å²) in [5, 5.41) is 8.56. The molecular formula is C47H38N2O. The van der Waals surface area contributed by atoms with Crippen LogP contribution in [0, 0.1) is 0 Å². The molecule has 50 heavy (non-hydrogen) atoms. The summed E-state index contributed by atoms with van der Waals surface area (Å²) in [6.45, 7) is 4.69. The third-order valence-corrected chi connectivity index (χ3v) is 10.5. The van der Waals surface area contributed by atoms with E-state index >= 15 is 0 Å². The highest BCUT2D eigenvalue weighted by atomic mass is 16.3. The van der Waals surface area contributed by atoms with Crippen molar-refractivity contribution in [3.8, 4) is 22.3 Å². The average Bonchev–Trinajstić information content (AvgIpc) is 3.65. The van der Waals surface area contributed by atoms with Crippen LogP contribution >= 0.6 is 0 Å². The number of hydrogen-bond donors (Lipinski definition) is 2. The summed E-state index contributed by atoms with van der Waals surface area (Å²) in [6, 6.07) is 53.6. The highest BCUT2D eigenvalue weighted by Gasteiger charge is 2.36. The summed E-state index contributed by atoms with van der Waals surface area (Å²) in [5.41, 5.74) is 19.6. The van der Waals surface area contributed by atoms with Crippen LogP contribution in [0.2, 0.25) is 0 Å². The molecule has 0 saturated carbocycles. The molecule has 0 saturated heterocycles. The Hall–Kier alpha value is -5.74. The minimum atomic E-state index is -0.358. The van der Waals surface area contributed by atoms with E-state index in [0.29, 0.717) is 0 Å². The van der Waals surface area contributed by atoms with Gasteiger partial charge in [0.25, 0.3) is 0 Å². The van der Waals surface area contributed by atoms with Crippen LogP contribution in [-0.4, -0.2) is 0 Å². The molecule has 3 nitrogen and oxygen atoms in total. The van der Waals surface area contributed by atoms with E-state index in [1.54, 1.807) is 0 Å². The summed E-state index contributed by atoms with van der Waals surface area (Å²) in [7, 11) is 0. The van der Waals surface area contributed by atoms with Crippen LogP contribution in [0.5, 0.6) is 0 Å². The standard InChI is InChI=1S/C47H38N2O/c1-47(2)39-22-11-17-30(44(39)38-28-32-15-6-7-16-33(32)29-40(38)47)25-26-41(49-46(48)31-13-4-3-5-14-31)35-19-10-18-34(27-35)36-21-12-24-43-45(36)37-20-8-9-23-42(37)50-43/h3-29,41,46,49H,48H2,1-2H3/b26-25+. The molecule has 0 bridgehead atoms. The van der Waals surface area contributed by atoms with Crippen molar-refractivity contribution >= 4 is 38.8 Å². The van der Waals surface area contributed by atoms with E-state index in [0.717, 1.165) is 44.2 Å². The Balaban J connectivity index is 1.16. The molecule has 7 aromatic carbocycles. The van der Waals surface area contributed by atoms with Crippen molar-refractivity contribution in [2.45, 2.75) is 31.5 Å². The van der Waals surface area contributed by atoms with Gasteiger partial charge in [-0.15, -0.1) is 0 Å². The normalized spacial score (nSPS) is 14.7. The fourth-order valence-electron chi connectivity index (χ4n) is 7.97. The fraction of sp³-hybridized carbons (Fsp3) is 0.106. The Labute approximate surface area is 292 Å². The molecule has 242 valence electrons. The first kappa shape index (κ1) is 30.3. The second kappa shape index (κ2) is 12.0. The van der Waals surface area contributed by atoms with Crippen molar-refractivity contribution in [2.24, 2.45) is 5.73 Å². The van der Waals surface area contributed by atoms with Crippen molar-refractivity contribution in [1.82, 2.24) is 5.32 Å². The zero-order valence-corrected chi connectivity index (χ0v) is 28.2. The quantitative estimate of drug-likeness (QED) is 0.169. The van der Waals surface area contributed by atoms with Crippen LogP contribution in [0.3, 0.4) is 0 Å². The maximum atomic E-state index is 6.86. The predicted molar refractivity (Wildman–Crippen MR) is 209 cm³/mol. The molecule has 0 radical (unpaired) electrons. The third kappa shape index (κ3) is 5.06. The molecule has 2 atom stereocenters. The number of fused-ring (bicyclic) bond motifs is 7. The molecule has 8 aromatic rings. The van der Waals surface area contributed by atoms with Gasteiger partial charge in [0.15, 0.2) is 0 Å². The lowest BCUT2D eigenvalue weighted by molar-refractivity contribution is 0.509. The monoisotopic (exact) mass is 646 g/mol. The molecule has 3 N–H and O–H groups in total. The molecule has 1 aliphatic rings. The summed E-state index contributed by atoms with van der Waals surface area (Å²) in [6.07, 6.45) is 4.20. The Bertz CT molecular complexity index is 2580. The largest absolute Gasteiger partial charge is 0.456 e. The Morgan fingerprint density at radius 2 is 1.32 bits per heavy atom. The minimum Gasteiger partial charge on any atom is -0.456 e. The van der Waals surface area contributed by atoms with Gasteiger partial charge in [-0.25, -0.2) is 0 Å². The summed E-state index contributed by atoms with van der Waals surface area (Å²) in [5.74, 6) is 0. The Kier molecular flexibility index (Phi) is 7.27. The van der Waals surface area contributed by atoms with E-state index in [1.165, 1.54) is 38.6 Å². The number of para-hydroxylation sites is 1. The molecule has 2 unspecified atom stereocenters. The fourth-order valence-corrected chi connectivity index (χ4v) is 7.97. The van der Waals surface area contributed by atoms with E-state index in [4.69, 9.17) is 10.2 Å². The highest BCUT2D eigenvalue weighted by Crippen LogP contribution is 2.51. The van der Waals surface area contributed by atoms with Gasteiger partial charge in [-0.1, -0.05) is 147 Å². The number of hydrogen-bond acceptors (Lipinski definition) is 3. The first-order valence-electron chi connectivity index (χ1n) is 17.4. The zero-order valence-electron chi connectivity index (χ0n) is 28.2. The summed E-state index contributed by atoms with van der Waals surface area (Å²) < 4.78 is 6.24. The minimum absolute atomic E-state index is 0.0987. The number of benzene rings is 7. The van der Waals surface area contributed by atoms with Gasteiger partial charge in [-0.3, -0.25) is 5.32 Å². The van der Waals surface area contributed by atoms with Crippen molar-refractivity contribution in [1.29, 1.82) is 0 Å². The lowest BCUT2D eigenvalue weighted by atomic mass is 9.81. The summed E-state index contributed by atoms with van der Waals surface area (Å²) >= 11 is 0. The molecule has 0 spiro atoms. The maximum absolute atomic E-state index is 6.86. The van der Waals surface area contributed by atoms with Crippen LogP contribution in [0.1, 0.15) is 53.9 Å². The zero-order chi connectivity index (χ0) is 33.8. The van der Waals surface area contributed by atoms with E-state index in [2.05, 4.69) is 153 Å². The van der Waals surface area contributed by atoms with E-state index in [9.17, 15) is 0 Å². The molecule has 0 aliphatic heterocycles. The van der Waals surface area contributed by atoms with E-state index in [-0.39, 0.29) is 17.6 Å². The lowest BCUT2D eigenvalue weighted by Crippen LogP contribution is -2.31. The van der Waals surface area contributed by atoms with Crippen LogP contribution in [0.25, 0.3) is 61.0 Å². The maximum Gasteiger partial charge on any atom is 0.136 e. The molecule has 0 fully saturated rings.